The Balaban J connectivity index is 2.17. The van der Waals surface area contributed by atoms with Crippen LogP contribution in [-0.4, -0.2) is 12.1 Å². The Kier molecular flexibility index (Phi) is 2.59. The molecule has 0 saturated heterocycles. The van der Waals surface area contributed by atoms with Gasteiger partial charge in [0, 0.05) is 11.8 Å². The van der Waals surface area contributed by atoms with Crippen molar-refractivity contribution in [2.24, 2.45) is 0 Å². The summed E-state index contributed by atoms with van der Waals surface area (Å²) in [4.78, 5) is 4.30. The van der Waals surface area contributed by atoms with Crippen molar-refractivity contribution in [2.45, 2.75) is 0 Å². The van der Waals surface area contributed by atoms with E-state index in [4.69, 9.17) is 14.9 Å². The summed E-state index contributed by atoms with van der Waals surface area (Å²) in [6, 6.07) is 9.35. The van der Waals surface area contributed by atoms with Crippen LogP contribution in [0.5, 0.6) is 5.75 Å². The van der Waals surface area contributed by atoms with E-state index >= 15 is 0 Å². The van der Waals surface area contributed by atoms with Crippen LogP contribution in [0.4, 0.5) is 10.1 Å². The molecule has 2 aromatic carbocycles. The van der Waals surface area contributed by atoms with Gasteiger partial charge >= 0.3 is 0 Å². The number of nitrogen functional groups attached to an aromatic ring is 1. The van der Waals surface area contributed by atoms with Gasteiger partial charge < -0.3 is 14.9 Å². The minimum absolute atomic E-state index is 0.292. The van der Waals surface area contributed by atoms with Gasteiger partial charge in [0.1, 0.15) is 17.1 Å². The van der Waals surface area contributed by atoms with Gasteiger partial charge in [-0.25, -0.2) is 9.37 Å². The summed E-state index contributed by atoms with van der Waals surface area (Å²) in [7, 11) is 1.58. The molecule has 1 heterocycles. The second-order valence-corrected chi connectivity index (χ2v) is 4.08. The van der Waals surface area contributed by atoms with E-state index in [1.807, 2.05) is 0 Å². The van der Waals surface area contributed by atoms with Gasteiger partial charge in [0.2, 0.25) is 5.89 Å². The number of nitrogens with two attached hydrogens (primary N) is 1. The summed E-state index contributed by atoms with van der Waals surface area (Å²) in [5.41, 5.74) is 7.90. The van der Waals surface area contributed by atoms with E-state index in [2.05, 4.69) is 4.98 Å². The van der Waals surface area contributed by atoms with Gasteiger partial charge in [-0.3, -0.25) is 0 Å². The largest absolute Gasteiger partial charge is 0.497 e. The monoisotopic (exact) mass is 258 g/mol. The third-order valence-corrected chi connectivity index (χ3v) is 2.84. The highest BCUT2D eigenvalue weighted by atomic mass is 19.1. The van der Waals surface area contributed by atoms with Crippen LogP contribution in [0, 0.1) is 5.82 Å². The van der Waals surface area contributed by atoms with Crippen molar-refractivity contribution in [1.29, 1.82) is 0 Å². The number of rotatable bonds is 2. The standard InChI is InChI=1S/C14H11FN2O2/c1-18-9-3-5-13-12(7-9)17-14(19-13)10-6-8(15)2-4-11(10)16/h2-7H,16H2,1H3. The molecule has 0 spiro atoms. The number of aromatic nitrogens is 1. The number of fused-ring (bicyclic) bond motifs is 1. The van der Waals surface area contributed by atoms with Crippen molar-refractivity contribution in [2.75, 3.05) is 12.8 Å². The number of hydrogen-bond acceptors (Lipinski definition) is 4. The van der Waals surface area contributed by atoms with E-state index in [-0.39, 0.29) is 5.82 Å². The van der Waals surface area contributed by atoms with E-state index < -0.39 is 0 Å². The topological polar surface area (TPSA) is 61.3 Å². The number of oxazole rings is 1. The van der Waals surface area contributed by atoms with Crippen LogP contribution in [-0.2, 0) is 0 Å². The maximum atomic E-state index is 13.3. The number of halogens is 1. The first-order valence-corrected chi connectivity index (χ1v) is 5.67. The molecule has 0 aliphatic rings. The van der Waals surface area contributed by atoms with Crippen LogP contribution in [0.25, 0.3) is 22.6 Å². The fraction of sp³-hybridized carbons (Fsp3) is 0.0714. The molecule has 5 heteroatoms. The molecule has 96 valence electrons. The minimum Gasteiger partial charge on any atom is -0.497 e. The highest BCUT2D eigenvalue weighted by molar-refractivity contribution is 5.80. The molecule has 0 unspecified atom stereocenters. The molecule has 2 N–H and O–H groups in total. The molecule has 0 amide bonds. The molecule has 0 atom stereocenters. The third-order valence-electron chi connectivity index (χ3n) is 2.84. The van der Waals surface area contributed by atoms with Gasteiger partial charge in [-0.1, -0.05) is 0 Å². The minimum atomic E-state index is -0.385. The third kappa shape index (κ3) is 1.99. The van der Waals surface area contributed by atoms with Crippen molar-refractivity contribution in [3.8, 4) is 17.2 Å². The quantitative estimate of drug-likeness (QED) is 0.717. The zero-order valence-corrected chi connectivity index (χ0v) is 10.2. The van der Waals surface area contributed by atoms with Gasteiger partial charge in [-0.2, -0.15) is 0 Å². The molecule has 0 fully saturated rings. The average molecular weight is 258 g/mol. The lowest BCUT2D eigenvalue weighted by Crippen LogP contribution is -1.90. The number of methoxy groups -OCH3 is 1. The summed E-state index contributed by atoms with van der Waals surface area (Å²) in [5.74, 6) is 0.587. The average Bonchev–Trinajstić information content (AvgIpc) is 2.83. The molecule has 0 aliphatic carbocycles. The normalized spacial score (nSPS) is 10.8. The molecule has 4 nitrogen and oxygen atoms in total. The van der Waals surface area contributed by atoms with Gasteiger partial charge in [-0.05, 0) is 30.3 Å². The molecule has 0 saturated carbocycles. The number of benzene rings is 2. The van der Waals surface area contributed by atoms with Crippen molar-refractivity contribution in [3.63, 3.8) is 0 Å². The lowest BCUT2D eigenvalue weighted by molar-refractivity contribution is 0.415. The van der Waals surface area contributed by atoms with Gasteiger partial charge in [0.05, 0.1) is 12.7 Å². The molecular weight excluding hydrogens is 247 g/mol. The Labute approximate surface area is 108 Å². The number of hydrogen-bond donors (Lipinski definition) is 1. The molecule has 3 rings (SSSR count). The van der Waals surface area contributed by atoms with E-state index in [1.54, 1.807) is 25.3 Å². The van der Waals surface area contributed by atoms with E-state index in [9.17, 15) is 4.39 Å². The molecule has 3 aromatic rings. The fourth-order valence-electron chi connectivity index (χ4n) is 1.86. The lowest BCUT2D eigenvalue weighted by Gasteiger charge is -2.00. The predicted molar refractivity (Wildman–Crippen MR) is 70.4 cm³/mol. The first-order chi connectivity index (χ1) is 9.17. The molecule has 0 radical (unpaired) electrons. The Morgan fingerprint density at radius 1 is 1.21 bits per heavy atom. The highest BCUT2D eigenvalue weighted by Crippen LogP contribution is 2.30. The zero-order valence-electron chi connectivity index (χ0n) is 10.2. The van der Waals surface area contributed by atoms with Crippen molar-refractivity contribution in [1.82, 2.24) is 4.98 Å². The maximum absolute atomic E-state index is 13.3. The summed E-state index contributed by atoms with van der Waals surface area (Å²) >= 11 is 0. The Bertz CT molecular complexity index is 752. The number of anilines is 1. The van der Waals surface area contributed by atoms with E-state index in [0.717, 1.165) is 0 Å². The lowest BCUT2D eigenvalue weighted by atomic mass is 10.2. The van der Waals surface area contributed by atoms with E-state index in [0.29, 0.717) is 34.0 Å². The van der Waals surface area contributed by atoms with E-state index in [1.165, 1.54) is 18.2 Å². The molecular formula is C14H11FN2O2. The van der Waals surface area contributed by atoms with Crippen LogP contribution in [0.2, 0.25) is 0 Å². The fourth-order valence-corrected chi connectivity index (χ4v) is 1.86. The maximum Gasteiger partial charge on any atom is 0.229 e. The molecule has 19 heavy (non-hydrogen) atoms. The summed E-state index contributed by atoms with van der Waals surface area (Å²) in [6.07, 6.45) is 0. The van der Waals surface area contributed by atoms with Crippen molar-refractivity contribution < 1.29 is 13.5 Å². The first-order valence-electron chi connectivity index (χ1n) is 5.67. The summed E-state index contributed by atoms with van der Waals surface area (Å²) < 4.78 is 24.0. The molecule has 1 aromatic heterocycles. The Hall–Kier alpha value is -2.56. The van der Waals surface area contributed by atoms with Gasteiger partial charge in [-0.15, -0.1) is 0 Å². The van der Waals surface area contributed by atoms with Crippen LogP contribution >= 0.6 is 0 Å². The first kappa shape index (κ1) is 11.5. The Morgan fingerprint density at radius 2 is 2.05 bits per heavy atom. The van der Waals surface area contributed by atoms with Gasteiger partial charge in [0.25, 0.3) is 0 Å². The van der Waals surface area contributed by atoms with Crippen LogP contribution in [0.3, 0.4) is 0 Å². The van der Waals surface area contributed by atoms with Crippen LogP contribution in [0.15, 0.2) is 40.8 Å². The van der Waals surface area contributed by atoms with Crippen molar-refractivity contribution in [3.05, 3.63) is 42.2 Å². The molecule has 0 aliphatic heterocycles. The van der Waals surface area contributed by atoms with Crippen molar-refractivity contribution >= 4 is 16.8 Å². The smallest absolute Gasteiger partial charge is 0.229 e. The SMILES string of the molecule is COc1ccc2oc(-c3cc(F)ccc3N)nc2c1. The number of nitrogens with zero attached hydrogens (tertiary/aromatic N) is 1. The zero-order chi connectivity index (χ0) is 13.4. The summed E-state index contributed by atoms with van der Waals surface area (Å²) in [6.45, 7) is 0. The molecule has 0 bridgehead atoms. The summed E-state index contributed by atoms with van der Waals surface area (Å²) in [5, 5.41) is 0. The Morgan fingerprint density at radius 3 is 2.84 bits per heavy atom. The van der Waals surface area contributed by atoms with Gasteiger partial charge in [0.15, 0.2) is 5.58 Å². The second-order valence-electron chi connectivity index (χ2n) is 4.08. The van der Waals surface area contributed by atoms with Crippen LogP contribution < -0.4 is 10.5 Å². The highest BCUT2D eigenvalue weighted by Gasteiger charge is 2.12. The number of ether oxygens (including phenoxy) is 1. The second kappa shape index (κ2) is 4.28. The predicted octanol–water partition coefficient (Wildman–Crippen LogP) is 3.22. The van der Waals surface area contributed by atoms with Crippen LogP contribution in [0.1, 0.15) is 0 Å².